The Labute approximate surface area is 133 Å². The van der Waals surface area contributed by atoms with Crippen molar-refractivity contribution in [2.45, 2.75) is 17.9 Å². The number of carbonyl (C=O) groups excluding carboxylic acids is 1. The maximum Gasteiger partial charge on any atom is 0.319 e. The summed E-state index contributed by atoms with van der Waals surface area (Å²) in [7, 11) is 0. The molecule has 2 rings (SSSR count). The first-order chi connectivity index (χ1) is 10.1. The molecule has 0 bridgehead atoms. The van der Waals surface area contributed by atoms with Crippen molar-refractivity contribution in [2.75, 3.05) is 11.6 Å². The summed E-state index contributed by atoms with van der Waals surface area (Å²) in [6.07, 6.45) is 3.65. The number of thioether (sulfide) groups is 1. The highest BCUT2D eigenvalue weighted by atomic mass is 35.5. The molecule has 0 aliphatic carbocycles. The Hall–Kier alpha value is -1.72. The number of benzene rings is 1. The van der Waals surface area contributed by atoms with Crippen molar-refractivity contribution in [3.05, 3.63) is 53.3 Å². The highest BCUT2D eigenvalue weighted by molar-refractivity contribution is 7.98. The van der Waals surface area contributed by atoms with Gasteiger partial charge in [0.2, 0.25) is 0 Å². The first-order valence-corrected chi connectivity index (χ1v) is 8.02. The zero-order chi connectivity index (χ0) is 15.2. The van der Waals surface area contributed by atoms with Gasteiger partial charge < -0.3 is 10.6 Å². The summed E-state index contributed by atoms with van der Waals surface area (Å²) in [6.45, 7) is 1.88. The number of pyridine rings is 1. The molecule has 1 aromatic carbocycles. The van der Waals surface area contributed by atoms with E-state index in [0.717, 1.165) is 10.6 Å². The lowest BCUT2D eigenvalue weighted by Crippen LogP contribution is -2.31. The molecule has 0 spiro atoms. The van der Waals surface area contributed by atoms with Gasteiger partial charge in [0.05, 0.1) is 17.4 Å². The number of aromatic nitrogens is 1. The van der Waals surface area contributed by atoms with E-state index in [9.17, 15) is 4.79 Å². The van der Waals surface area contributed by atoms with E-state index in [0.29, 0.717) is 10.7 Å². The third-order valence-electron chi connectivity index (χ3n) is 2.89. The van der Waals surface area contributed by atoms with E-state index in [1.165, 1.54) is 0 Å². The third-order valence-corrected chi connectivity index (χ3v) is 3.92. The molecule has 0 aliphatic heterocycles. The molecule has 110 valence electrons. The summed E-state index contributed by atoms with van der Waals surface area (Å²) in [5.74, 6) is 0. The number of nitrogens with zero attached hydrogens (tertiary/aromatic N) is 1. The Morgan fingerprint density at radius 1 is 1.33 bits per heavy atom. The van der Waals surface area contributed by atoms with Gasteiger partial charge in [-0.3, -0.25) is 4.98 Å². The molecule has 0 saturated heterocycles. The van der Waals surface area contributed by atoms with Crippen molar-refractivity contribution in [1.82, 2.24) is 10.3 Å². The number of hydrogen-bond donors (Lipinski definition) is 2. The van der Waals surface area contributed by atoms with E-state index in [1.807, 2.05) is 37.4 Å². The molecular formula is C15H16ClN3OS. The standard InChI is InChI=1S/C15H16ClN3OS/c1-10(12-5-3-4-8-17-12)18-15(20)19-13-9-11(16)6-7-14(13)21-2/h3-10H,1-2H3,(H2,18,19,20). The molecule has 2 N–H and O–H groups in total. The van der Waals surface area contributed by atoms with Gasteiger partial charge in [0, 0.05) is 16.1 Å². The second kappa shape index (κ2) is 7.33. The second-order valence-corrected chi connectivity index (χ2v) is 5.70. The van der Waals surface area contributed by atoms with Crippen LogP contribution in [0.1, 0.15) is 18.7 Å². The fraction of sp³-hybridized carbons (Fsp3) is 0.200. The monoisotopic (exact) mass is 321 g/mol. The van der Waals surface area contributed by atoms with Gasteiger partial charge in [0.15, 0.2) is 0 Å². The fourth-order valence-electron chi connectivity index (χ4n) is 1.84. The van der Waals surface area contributed by atoms with Crippen LogP contribution in [0.5, 0.6) is 0 Å². The van der Waals surface area contributed by atoms with Crippen LogP contribution in [0, 0.1) is 0 Å². The maximum absolute atomic E-state index is 12.1. The van der Waals surface area contributed by atoms with Crippen LogP contribution in [-0.2, 0) is 0 Å². The maximum atomic E-state index is 12.1. The number of urea groups is 1. The van der Waals surface area contributed by atoms with Crippen molar-refractivity contribution >= 4 is 35.1 Å². The molecular weight excluding hydrogens is 306 g/mol. The minimum atomic E-state index is -0.286. The lowest BCUT2D eigenvalue weighted by molar-refractivity contribution is 0.249. The van der Waals surface area contributed by atoms with Crippen LogP contribution in [0.2, 0.25) is 5.02 Å². The van der Waals surface area contributed by atoms with E-state index in [4.69, 9.17) is 11.6 Å². The Morgan fingerprint density at radius 3 is 2.81 bits per heavy atom. The van der Waals surface area contributed by atoms with E-state index >= 15 is 0 Å². The van der Waals surface area contributed by atoms with Gasteiger partial charge in [0.1, 0.15) is 0 Å². The molecule has 0 fully saturated rings. The minimum absolute atomic E-state index is 0.178. The fourth-order valence-corrected chi connectivity index (χ4v) is 2.55. The number of nitrogens with one attached hydrogen (secondary N) is 2. The molecule has 2 aromatic rings. The SMILES string of the molecule is CSc1ccc(Cl)cc1NC(=O)NC(C)c1ccccn1. The molecule has 0 saturated carbocycles. The van der Waals surface area contributed by atoms with E-state index in [-0.39, 0.29) is 12.1 Å². The van der Waals surface area contributed by atoms with Gasteiger partial charge in [-0.15, -0.1) is 11.8 Å². The molecule has 1 aromatic heterocycles. The van der Waals surface area contributed by atoms with Crippen LogP contribution in [0.25, 0.3) is 0 Å². The van der Waals surface area contributed by atoms with E-state index < -0.39 is 0 Å². The topological polar surface area (TPSA) is 54.0 Å². The normalized spacial score (nSPS) is 11.8. The van der Waals surface area contributed by atoms with Crippen molar-refractivity contribution in [3.63, 3.8) is 0 Å². The number of amides is 2. The molecule has 6 heteroatoms. The lowest BCUT2D eigenvalue weighted by atomic mass is 10.2. The van der Waals surface area contributed by atoms with Crippen molar-refractivity contribution in [3.8, 4) is 0 Å². The third kappa shape index (κ3) is 4.37. The van der Waals surface area contributed by atoms with Crippen molar-refractivity contribution in [2.24, 2.45) is 0 Å². The number of halogens is 1. The summed E-state index contributed by atoms with van der Waals surface area (Å²) < 4.78 is 0. The second-order valence-electron chi connectivity index (χ2n) is 4.42. The quantitative estimate of drug-likeness (QED) is 0.824. The molecule has 2 amide bonds. The number of carbonyl (C=O) groups is 1. The molecule has 4 nitrogen and oxygen atoms in total. The first kappa shape index (κ1) is 15.7. The van der Waals surface area contributed by atoms with Crippen LogP contribution < -0.4 is 10.6 Å². The predicted octanol–water partition coefficient (Wildman–Crippen LogP) is 4.34. The van der Waals surface area contributed by atoms with E-state index in [1.54, 1.807) is 30.1 Å². The Morgan fingerprint density at radius 2 is 2.14 bits per heavy atom. The summed E-state index contributed by atoms with van der Waals surface area (Å²) in [6, 6.07) is 10.6. The van der Waals surface area contributed by atoms with Crippen LogP contribution in [0.3, 0.4) is 0 Å². The van der Waals surface area contributed by atoms with Gasteiger partial charge in [-0.1, -0.05) is 17.7 Å². The van der Waals surface area contributed by atoms with E-state index in [2.05, 4.69) is 15.6 Å². The van der Waals surface area contributed by atoms with Gasteiger partial charge >= 0.3 is 6.03 Å². The molecule has 1 atom stereocenters. The molecule has 21 heavy (non-hydrogen) atoms. The molecule has 1 heterocycles. The number of rotatable bonds is 4. The molecule has 0 radical (unpaired) electrons. The Balaban J connectivity index is 2.04. The lowest BCUT2D eigenvalue weighted by Gasteiger charge is -2.15. The zero-order valence-electron chi connectivity index (χ0n) is 11.8. The van der Waals surface area contributed by atoms with Crippen molar-refractivity contribution < 1.29 is 4.79 Å². The summed E-state index contributed by atoms with van der Waals surface area (Å²) in [5, 5.41) is 6.25. The minimum Gasteiger partial charge on any atom is -0.330 e. The van der Waals surface area contributed by atoms with Crippen LogP contribution in [0.15, 0.2) is 47.5 Å². The van der Waals surface area contributed by atoms with Crippen molar-refractivity contribution in [1.29, 1.82) is 0 Å². The Bertz CT molecular complexity index is 622. The average Bonchev–Trinajstić information content (AvgIpc) is 2.48. The van der Waals surface area contributed by atoms with Gasteiger partial charge in [-0.05, 0) is 43.5 Å². The van der Waals surface area contributed by atoms with Crippen LogP contribution >= 0.6 is 23.4 Å². The summed E-state index contributed by atoms with van der Waals surface area (Å²) in [4.78, 5) is 17.3. The van der Waals surface area contributed by atoms with Gasteiger partial charge in [0.25, 0.3) is 0 Å². The first-order valence-electron chi connectivity index (χ1n) is 6.42. The van der Waals surface area contributed by atoms with Gasteiger partial charge in [-0.2, -0.15) is 0 Å². The smallest absolute Gasteiger partial charge is 0.319 e. The predicted molar refractivity (Wildman–Crippen MR) is 88.0 cm³/mol. The number of anilines is 1. The molecule has 1 unspecified atom stereocenters. The van der Waals surface area contributed by atoms with Crippen LogP contribution in [-0.4, -0.2) is 17.3 Å². The molecule has 0 aliphatic rings. The highest BCUT2D eigenvalue weighted by Crippen LogP contribution is 2.28. The Kier molecular flexibility index (Phi) is 5.47. The largest absolute Gasteiger partial charge is 0.330 e. The number of hydrogen-bond acceptors (Lipinski definition) is 3. The average molecular weight is 322 g/mol. The highest BCUT2D eigenvalue weighted by Gasteiger charge is 2.12. The zero-order valence-corrected chi connectivity index (χ0v) is 13.3. The summed E-state index contributed by atoms with van der Waals surface area (Å²) >= 11 is 7.52. The van der Waals surface area contributed by atoms with Gasteiger partial charge in [-0.25, -0.2) is 4.79 Å². The summed E-state index contributed by atoms with van der Waals surface area (Å²) in [5.41, 5.74) is 1.50. The van der Waals surface area contributed by atoms with Crippen LogP contribution in [0.4, 0.5) is 10.5 Å².